The summed E-state index contributed by atoms with van der Waals surface area (Å²) in [6.07, 6.45) is 11.3. The Kier molecular flexibility index (Phi) is 3.93. The van der Waals surface area contributed by atoms with Crippen molar-refractivity contribution in [1.82, 2.24) is 23.7 Å². The number of aliphatic imine (C=N–C) groups is 1. The zero-order chi connectivity index (χ0) is 18.4. The van der Waals surface area contributed by atoms with Gasteiger partial charge in [0.15, 0.2) is 0 Å². The molecule has 8 heteroatoms. The molecular formula is C19H22N6O2. The summed E-state index contributed by atoms with van der Waals surface area (Å²) in [5.74, 6) is 1.35. The second-order valence-electron chi connectivity index (χ2n) is 7.18. The molecule has 3 aromatic rings. The summed E-state index contributed by atoms with van der Waals surface area (Å²) >= 11 is 0. The normalized spacial score (nSPS) is 19.0. The lowest BCUT2D eigenvalue weighted by Gasteiger charge is -2.09. The average Bonchev–Trinajstić information content (AvgIpc) is 3.44. The van der Waals surface area contributed by atoms with Crippen molar-refractivity contribution in [1.29, 1.82) is 0 Å². The lowest BCUT2D eigenvalue weighted by Crippen LogP contribution is -2.26. The molecule has 0 aromatic carbocycles. The number of hydrogen-bond donors (Lipinski definition) is 0. The van der Waals surface area contributed by atoms with Gasteiger partial charge >= 0.3 is 0 Å². The number of ether oxygens (including phenoxy) is 1. The molecule has 0 amide bonds. The molecule has 8 nitrogen and oxygen atoms in total. The minimum Gasteiger partial charge on any atom is -0.376 e. The quantitative estimate of drug-likeness (QED) is 0.691. The molecule has 3 aromatic heterocycles. The van der Waals surface area contributed by atoms with E-state index in [0.29, 0.717) is 24.6 Å². The Labute approximate surface area is 156 Å². The molecule has 140 valence electrons. The molecule has 5 rings (SSSR count). The van der Waals surface area contributed by atoms with E-state index in [1.807, 2.05) is 27.7 Å². The van der Waals surface area contributed by atoms with Gasteiger partial charge in [0.25, 0.3) is 5.56 Å². The zero-order valence-electron chi connectivity index (χ0n) is 15.3. The Bertz CT molecular complexity index is 1080. The van der Waals surface area contributed by atoms with Gasteiger partial charge in [0.05, 0.1) is 30.1 Å². The largest absolute Gasteiger partial charge is 0.376 e. The van der Waals surface area contributed by atoms with E-state index < -0.39 is 0 Å². The first-order valence-corrected chi connectivity index (χ1v) is 9.55. The first kappa shape index (κ1) is 16.4. The number of hydrogen-bond acceptors (Lipinski definition) is 5. The van der Waals surface area contributed by atoms with Crippen molar-refractivity contribution in [3.05, 3.63) is 46.3 Å². The van der Waals surface area contributed by atoms with Crippen LogP contribution < -0.4 is 5.56 Å². The summed E-state index contributed by atoms with van der Waals surface area (Å²) in [6, 6.07) is 0. The molecule has 1 atom stereocenters. The summed E-state index contributed by atoms with van der Waals surface area (Å²) in [5, 5.41) is 4.46. The first-order valence-electron chi connectivity index (χ1n) is 9.55. The van der Waals surface area contributed by atoms with Crippen LogP contribution in [0.4, 0.5) is 5.82 Å². The maximum atomic E-state index is 13.0. The highest BCUT2D eigenvalue weighted by Crippen LogP contribution is 2.27. The van der Waals surface area contributed by atoms with Gasteiger partial charge in [0.2, 0.25) is 5.78 Å². The van der Waals surface area contributed by atoms with E-state index in [-0.39, 0.29) is 11.7 Å². The molecule has 5 heterocycles. The molecule has 0 bridgehead atoms. The van der Waals surface area contributed by atoms with Crippen LogP contribution in [-0.4, -0.2) is 42.2 Å². The van der Waals surface area contributed by atoms with Crippen molar-refractivity contribution < 1.29 is 4.74 Å². The summed E-state index contributed by atoms with van der Waals surface area (Å²) in [7, 11) is 0. The van der Waals surface area contributed by atoms with Gasteiger partial charge in [-0.2, -0.15) is 5.10 Å². The zero-order valence-corrected chi connectivity index (χ0v) is 15.3. The fourth-order valence-corrected chi connectivity index (χ4v) is 3.97. The van der Waals surface area contributed by atoms with Crippen LogP contribution in [0.1, 0.15) is 37.3 Å². The summed E-state index contributed by atoms with van der Waals surface area (Å²) < 4.78 is 11.3. The maximum absolute atomic E-state index is 13.0. The average molecular weight is 366 g/mol. The van der Waals surface area contributed by atoms with Crippen molar-refractivity contribution in [3.63, 3.8) is 0 Å². The van der Waals surface area contributed by atoms with Gasteiger partial charge in [-0.25, -0.2) is 9.98 Å². The van der Waals surface area contributed by atoms with Crippen molar-refractivity contribution >= 4 is 17.3 Å². The minimum absolute atomic E-state index is 0.0102. The highest BCUT2D eigenvalue weighted by atomic mass is 16.5. The predicted octanol–water partition coefficient (Wildman–Crippen LogP) is 1.96. The third-order valence-electron chi connectivity index (χ3n) is 5.28. The fraction of sp³-hybridized carbons (Fsp3) is 0.474. The Morgan fingerprint density at radius 1 is 1.37 bits per heavy atom. The number of aromatic nitrogens is 5. The van der Waals surface area contributed by atoms with Crippen molar-refractivity contribution in [2.75, 3.05) is 6.61 Å². The van der Waals surface area contributed by atoms with E-state index in [0.717, 1.165) is 49.3 Å². The highest BCUT2D eigenvalue weighted by Gasteiger charge is 2.25. The number of aryl methyl sites for hydroxylation is 1. The highest BCUT2D eigenvalue weighted by molar-refractivity contribution is 6.05. The van der Waals surface area contributed by atoms with Gasteiger partial charge < -0.3 is 4.74 Å². The van der Waals surface area contributed by atoms with E-state index in [2.05, 4.69) is 17.0 Å². The summed E-state index contributed by atoms with van der Waals surface area (Å²) in [4.78, 5) is 22.1. The third kappa shape index (κ3) is 2.71. The van der Waals surface area contributed by atoms with Crippen LogP contribution in [0.25, 0.3) is 5.78 Å². The van der Waals surface area contributed by atoms with Crippen LogP contribution in [0.15, 0.2) is 34.6 Å². The van der Waals surface area contributed by atoms with Gasteiger partial charge in [-0.05, 0) is 19.3 Å². The molecule has 0 N–H and O–H groups in total. The smallest absolute Gasteiger partial charge is 0.260 e. The van der Waals surface area contributed by atoms with Crippen LogP contribution in [0.2, 0.25) is 0 Å². The SMILES string of the molecule is CCCn1c(=O)c2c(n3ccnc13)N=C(c1cnn(CC3CCCO3)c1)C2. The molecule has 1 fully saturated rings. The van der Waals surface area contributed by atoms with Gasteiger partial charge in [-0.15, -0.1) is 0 Å². The topological polar surface area (TPSA) is 78.7 Å². The lowest BCUT2D eigenvalue weighted by molar-refractivity contribution is 0.0940. The second-order valence-corrected chi connectivity index (χ2v) is 7.18. The van der Waals surface area contributed by atoms with E-state index >= 15 is 0 Å². The monoisotopic (exact) mass is 366 g/mol. The molecule has 2 aliphatic heterocycles. The number of imidazole rings is 1. The van der Waals surface area contributed by atoms with E-state index in [1.54, 1.807) is 10.8 Å². The molecule has 0 radical (unpaired) electrons. The van der Waals surface area contributed by atoms with Crippen molar-refractivity contribution in [2.45, 2.75) is 51.8 Å². The van der Waals surface area contributed by atoms with E-state index in [4.69, 9.17) is 9.73 Å². The second kappa shape index (κ2) is 6.45. The van der Waals surface area contributed by atoms with Gasteiger partial charge in [-0.1, -0.05) is 6.92 Å². The van der Waals surface area contributed by atoms with Crippen molar-refractivity contribution in [2.24, 2.45) is 4.99 Å². The number of rotatable bonds is 5. The standard InChI is InChI=1S/C19H22N6O2/c1-2-6-25-18(26)15-9-16(22-17(15)24-7-5-20-19(24)25)13-10-21-23(11-13)12-14-4-3-8-27-14/h5,7,10-11,14H,2-4,6,8-9,12H2,1H3. The molecule has 1 unspecified atom stereocenters. The molecule has 0 aliphatic carbocycles. The maximum Gasteiger partial charge on any atom is 0.260 e. The number of nitrogens with zero attached hydrogens (tertiary/aromatic N) is 6. The predicted molar refractivity (Wildman–Crippen MR) is 101 cm³/mol. The first-order chi connectivity index (χ1) is 13.2. The summed E-state index contributed by atoms with van der Waals surface area (Å²) in [5.41, 5.74) is 2.58. The third-order valence-corrected chi connectivity index (χ3v) is 5.28. The van der Waals surface area contributed by atoms with Crippen molar-refractivity contribution in [3.8, 4) is 0 Å². The van der Waals surface area contributed by atoms with E-state index in [9.17, 15) is 4.79 Å². The van der Waals surface area contributed by atoms with Crippen LogP contribution >= 0.6 is 0 Å². The summed E-state index contributed by atoms with van der Waals surface area (Å²) in [6.45, 7) is 4.31. The van der Waals surface area contributed by atoms with E-state index in [1.165, 1.54) is 0 Å². The van der Waals surface area contributed by atoms with Crippen LogP contribution in [0.5, 0.6) is 0 Å². The van der Waals surface area contributed by atoms with Gasteiger partial charge in [0.1, 0.15) is 5.82 Å². The molecule has 0 saturated carbocycles. The molecular weight excluding hydrogens is 344 g/mol. The Morgan fingerprint density at radius 2 is 2.30 bits per heavy atom. The number of fused-ring (bicyclic) bond motifs is 3. The molecule has 27 heavy (non-hydrogen) atoms. The molecule has 0 spiro atoms. The van der Waals surface area contributed by atoms with Crippen LogP contribution in [0, 0.1) is 0 Å². The van der Waals surface area contributed by atoms with Gasteiger partial charge in [0, 0.05) is 43.7 Å². The minimum atomic E-state index is 0.0102. The fourth-order valence-electron chi connectivity index (χ4n) is 3.97. The Balaban J connectivity index is 1.49. The lowest BCUT2D eigenvalue weighted by atomic mass is 10.1. The van der Waals surface area contributed by atoms with Gasteiger partial charge in [-0.3, -0.25) is 18.4 Å². The van der Waals surface area contributed by atoms with Crippen LogP contribution in [0.3, 0.4) is 0 Å². The van der Waals surface area contributed by atoms with Crippen LogP contribution in [-0.2, 0) is 24.2 Å². The molecule has 1 saturated heterocycles. The molecule has 2 aliphatic rings. The Morgan fingerprint density at radius 3 is 3.11 bits per heavy atom. The Hall–Kier alpha value is -2.74.